The number of halogens is 2. The van der Waals surface area contributed by atoms with Crippen LogP contribution in [0.4, 0.5) is 4.39 Å². The Hall–Kier alpha value is -0.410. The quantitative estimate of drug-likeness (QED) is 0.882. The van der Waals surface area contributed by atoms with Gasteiger partial charge in [-0.1, -0.05) is 32.4 Å². The third-order valence-electron chi connectivity index (χ3n) is 2.60. The van der Waals surface area contributed by atoms with Gasteiger partial charge in [0, 0.05) is 6.04 Å². The minimum Gasteiger partial charge on any atom is -0.324 e. The second kappa shape index (κ2) is 4.89. The van der Waals surface area contributed by atoms with Gasteiger partial charge in [-0.25, -0.2) is 4.39 Å². The first kappa shape index (κ1) is 11.7. The molecule has 0 radical (unpaired) electrons. The smallest absolute Gasteiger partial charge is 0.137 e. The lowest BCUT2D eigenvalue weighted by Gasteiger charge is -2.20. The summed E-state index contributed by atoms with van der Waals surface area (Å²) in [5, 5.41) is 0. The van der Waals surface area contributed by atoms with Crippen LogP contribution in [-0.4, -0.2) is 0 Å². The van der Waals surface area contributed by atoms with Crippen LogP contribution in [0.2, 0.25) is 0 Å². The predicted molar refractivity (Wildman–Crippen MR) is 60.5 cm³/mol. The molecule has 3 heteroatoms. The van der Waals surface area contributed by atoms with Crippen molar-refractivity contribution >= 4 is 15.9 Å². The Labute approximate surface area is 92.6 Å². The van der Waals surface area contributed by atoms with Gasteiger partial charge in [0.2, 0.25) is 0 Å². The summed E-state index contributed by atoms with van der Waals surface area (Å²) in [6, 6.07) is 4.88. The number of benzene rings is 1. The van der Waals surface area contributed by atoms with Crippen molar-refractivity contribution in [2.75, 3.05) is 0 Å². The zero-order valence-electron chi connectivity index (χ0n) is 8.43. The lowest BCUT2D eigenvalue weighted by Crippen LogP contribution is -2.19. The summed E-state index contributed by atoms with van der Waals surface area (Å²) in [5.74, 6) is 0.106. The zero-order chi connectivity index (χ0) is 10.7. The van der Waals surface area contributed by atoms with E-state index in [1.165, 1.54) is 6.07 Å². The van der Waals surface area contributed by atoms with Crippen molar-refractivity contribution in [3.05, 3.63) is 34.1 Å². The Morgan fingerprint density at radius 2 is 2.14 bits per heavy atom. The molecule has 0 fully saturated rings. The lowest BCUT2D eigenvalue weighted by molar-refractivity contribution is 0.453. The summed E-state index contributed by atoms with van der Waals surface area (Å²) in [6.07, 6.45) is 0.990. The van der Waals surface area contributed by atoms with E-state index in [1.807, 2.05) is 6.07 Å². The number of nitrogens with two attached hydrogens (primary N) is 1. The molecule has 78 valence electrons. The molecule has 2 N–H and O–H groups in total. The van der Waals surface area contributed by atoms with Gasteiger partial charge in [0.1, 0.15) is 5.82 Å². The van der Waals surface area contributed by atoms with Gasteiger partial charge in [-0.3, -0.25) is 0 Å². The number of hydrogen-bond acceptors (Lipinski definition) is 1. The van der Waals surface area contributed by atoms with Gasteiger partial charge in [0.25, 0.3) is 0 Å². The number of hydrogen-bond donors (Lipinski definition) is 1. The molecular weight excluding hydrogens is 245 g/mol. The van der Waals surface area contributed by atoms with Crippen LogP contribution in [0.15, 0.2) is 22.7 Å². The molecule has 2 atom stereocenters. The molecule has 1 aromatic rings. The van der Waals surface area contributed by atoms with Crippen molar-refractivity contribution < 1.29 is 4.39 Å². The van der Waals surface area contributed by atoms with Crippen LogP contribution < -0.4 is 5.73 Å². The molecule has 1 rings (SSSR count). The largest absolute Gasteiger partial charge is 0.324 e. The molecule has 0 aliphatic heterocycles. The molecule has 2 unspecified atom stereocenters. The minimum absolute atomic E-state index is 0.106. The van der Waals surface area contributed by atoms with Crippen LogP contribution >= 0.6 is 15.9 Å². The van der Waals surface area contributed by atoms with E-state index in [1.54, 1.807) is 6.07 Å². The lowest BCUT2D eigenvalue weighted by atomic mass is 9.93. The molecule has 0 bridgehead atoms. The van der Waals surface area contributed by atoms with Crippen LogP contribution in [0.3, 0.4) is 0 Å². The highest BCUT2D eigenvalue weighted by Gasteiger charge is 2.17. The van der Waals surface area contributed by atoms with Crippen LogP contribution in [0.1, 0.15) is 31.9 Å². The van der Waals surface area contributed by atoms with Crippen molar-refractivity contribution in [3.8, 4) is 0 Å². The van der Waals surface area contributed by atoms with E-state index < -0.39 is 0 Å². The van der Waals surface area contributed by atoms with Crippen LogP contribution in [0.25, 0.3) is 0 Å². The Morgan fingerprint density at radius 1 is 1.50 bits per heavy atom. The Morgan fingerprint density at radius 3 is 2.71 bits per heavy atom. The Kier molecular flexibility index (Phi) is 4.08. The first-order valence-corrected chi connectivity index (χ1v) is 5.56. The van der Waals surface area contributed by atoms with E-state index in [0.29, 0.717) is 10.4 Å². The zero-order valence-corrected chi connectivity index (χ0v) is 10.0. The fraction of sp³-hybridized carbons (Fsp3) is 0.455. The van der Waals surface area contributed by atoms with Gasteiger partial charge in [0.05, 0.1) is 4.47 Å². The maximum atomic E-state index is 13.2. The summed E-state index contributed by atoms with van der Waals surface area (Å²) >= 11 is 3.22. The van der Waals surface area contributed by atoms with Gasteiger partial charge < -0.3 is 5.73 Å². The normalized spacial score (nSPS) is 15.2. The van der Waals surface area contributed by atoms with Crippen molar-refractivity contribution in [2.24, 2.45) is 11.7 Å². The molecule has 1 aromatic carbocycles. The van der Waals surface area contributed by atoms with Gasteiger partial charge in [-0.15, -0.1) is 0 Å². The van der Waals surface area contributed by atoms with Crippen LogP contribution in [0.5, 0.6) is 0 Å². The maximum Gasteiger partial charge on any atom is 0.137 e. The first-order chi connectivity index (χ1) is 6.57. The molecule has 0 amide bonds. The molecule has 0 spiro atoms. The molecule has 14 heavy (non-hydrogen) atoms. The van der Waals surface area contributed by atoms with E-state index in [4.69, 9.17) is 5.73 Å². The fourth-order valence-electron chi connectivity index (χ4n) is 1.34. The molecule has 0 heterocycles. The Bertz CT molecular complexity index is 314. The topological polar surface area (TPSA) is 26.0 Å². The van der Waals surface area contributed by atoms with E-state index >= 15 is 0 Å². The molecule has 0 aromatic heterocycles. The summed E-state index contributed by atoms with van der Waals surface area (Å²) < 4.78 is 13.7. The van der Waals surface area contributed by atoms with Crippen molar-refractivity contribution in [3.63, 3.8) is 0 Å². The maximum absolute atomic E-state index is 13.2. The average molecular weight is 260 g/mol. The average Bonchev–Trinajstić information content (AvgIpc) is 2.20. The van der Waals surface area contributed by atoms with Gasteiger partial charge in [0.15, 0.2) is 0 Å². The molecular formula is C11H15BrFN. The van der Waals surface area contributed by atoms with Crippen molar-refractivity contribution in [2.45, 2.75) is 26.3 Å². The minimum atomic E-state index is -0.249. The van der Waals surface area contributed by atoms with Crippen LogP contribution in [0, 0.1) is 11.7 Å². The second-order valence-electron chi connectivity index (χ2n) is 3.55. The summed E-state index contributed by atoms with van der Waals surface area (Å²) in [4.78, 5) is 0. The fourth-order valence-corrected chi connectivity index (χ4v) is 1.87. The van der Waals surface area contributed by atoms with E-state index in [2.05, 4.69) is 29.8 Å². The number of rotatable bonds is 3. The van der Waals surface area contributed by atoms with E-state index in [0.717, 1.165) is 12.0 Å². The third-order valence-corrected chi connectivity index (χ3v) is 3.43. The molecule has 0 saturated heterocycles. The predicted octanol–water partition coefficient (Wildman–Crippen LogP) is 3.63. The summed E-state index contributed by atoms with van der Waals surface area (Å²) in [5.41, 5.74) is 6.87. The Balaban J connectivity index is 3.01. The van der Waals surface area contributed by atoms with Crippen LogP contribution in [-0.2, 0) is 0 Å². The molecule has 0 aliphatic rings. The highest BCUT2D eigenvalue weighted by molar-refractivity contribution is 9.10. The highest BCUT2D eigenvalue weighted by atomic mass is 79.9. The van der Waals surface area contributed by atoms with Gasteiger partial charge >= 0.3 is 0 Å². The monoisotopic (exact) mass is 259 g/mol. The first-order valence-electron chi connectivity index (χ1n) is 4.77. The highest BCUT2D eigenvalue weighted by Crippen LogP contribution is 2.29. The SMILES string of the molecule is CCC(C)C(N)c1cccc(F)c1Br. The standard InChI is InChI=1S/C11H15BrFN/c1-3-7(2)11(14)8-5-4-6-9(13)10(8)12/h4-7,11H,3,14H2,1-2H3. The van der Waals surface area contributed by atoms with Crippen molar-refractivity contribution in [1.29, 1.82) is 0 Å². The van der Waals surface area contributed by atoms with Gasteiger partial charge in [-0.05, 0) is 33.5 Å². The van der Waals surface area contributed by atoms with Gasteiger partial charge in [-0.2, -0.15) is 0 Å². The molecule has 0 aliphatic carbocycles. The summed E-state index contributed by atoms with van der Waals surface area (Å²) in [7, 11) is 0. The third kappa shape index (κ3) is 2.34. The van der Waals surface area contributed by atoms with Crippen molar-refractivity contribution in [1.82, 2.24) is 0 Å². The summed E-state index contributed by atoms with van der Waals surface area (Å²) in [6.45, 7) is 4.15. The second-order valence-corrected chi connectivity index (χ2v) is 4.35. The molecule has 1 nitrogen and oxygen atoms in total. The van der Waals surface area contributed by atoms with E-state index in [-0.39, 0.29) is 11.9 Å². The molecule has 0 saturated carbocycles. The van der Waals surface area contributed by atoms with E-state index in [9.17, 15) is 4.39 Å².